The Labute approximate surface area is 116 Å². The molecule has 1 aromatic heterocycles. The van der Waals surface area contributed by atoms with Crippen molar-refractivity contribution in [2.45, 2.75) is 32.0 Å². The molecule has 0 bridgehead atoms. The maximum atomic E-state index is 10.8. The van der Waals surface area contributed by atoms with Crippen LogP contribution in [0.15, 0.2) is 13.6 Å². The van der Waals surface area contributed by atoms with Crippen LogP contribution >= 0.6 is 0 Å². The molecule has 0 aliphatic carbocycles. The standard InChI is InChI=1S/C9H12N2O10/c12-4-8-7(19-9(13)20-8)3-1-2-6(21-11(16)17)5-18-10(14)15/h6,12H,1-5H2/t6-/m1/s1. The highest BCUT2D eigenvalue weighted by Crippen LogP contribution is 2.13. The Balaban J connectivity index is 2.49. The lowest BCUT2D eigenvalue weighted by Crippen LogP contribution is -2.24. The Morgan fingerprint density at radius 2 is 1.86 bits per heavy atom. The Hall–Kier alpha value is -2.63. The third-order valence-electron chi connectivity index (χ3n) is 2.40. The predicted octanol–water partition coefficient (Wildman–Crippen LogP) is -0.167. The third-order valence-corrected chi connectivity index (χ3v) is 2.40. The summed E-state index contributed by atoms with van der Waals surface area (Å²) in [5.74, 6) is -0.894. The molecule has 21 heavy (non-hydrogen) atoms. The Morgan fingerprint density at radius 3 is 2.43 bits per heavy atom. The second kappa shape index (κ2) is 7.84. The van der Waals surface area contributed by atoms with E-state index in [0.717, 1.165) is 0 Å². The maximum absolute atomic E-state index is 10.8. The first kappa shape index (κ1) is 16.4. The number of nitrogens with zero attached hydrogens (tertiary/aromatic N) is 2. The van der Waals surface area contributed by atoms with Crippen molar-refractivity contribution in [2.24, 2.45) is 0 Å². The topological polar surface area (TPSA) is 168 Å². The van der Waals surface area contributed by atoms with Gasteiger partial charge in [0.1, 0.15) is 19.3 Å². The fourth-order valence-electron chi connectivity index (χ4n) is 1.57. The zero-order chi connectivity index (χ0) is 15.8. The van der Waals surface area contributed by atoms with Crippen molar-refractivity contribution in [3.8, 4) is 0 Å². The molecule has 0 aliphatic rings. The van der Waals surface area contributed by atoms with Gasteiger partial charge in [0.25, 0.3) is 10.2 Å². The summed E-state index contributed by atoms with van der Waals surface area (Å²) in [6, 6.07) is 0. The van der Waals surface area contributed by atoms with E-state index in [1.807, 2.05) is 0 Å². The molecule has 0 spiro atoms. The van der Waals surface area contributed by atoms with E-state index >= 15 is 0 Å². The van der Waals surface area contributed by atoms with Crippen molar-refractivity contribution in [2.75, 3.05) is 6.61 Å². The van der Waals surface area contributed by atoms with Gasteiger partial charge in [-0.1, -0.05) is 0 Å². The van der Waals surface area contributed by atoms with Gasteiger partial charge in [-0.25, -0.2) is 4.79 Å². The fourth-order valence-corrected chi connectivity index (χ4v) is 1.57. The molecule has 1 atom stereocenters. The van der Waals surface area contributed by atoms with E-state index in [1.54, 1.807) is 0 Å². The molecule has 0 saturated heterocycles. The summed E-state index contributed by atoms with van der Waals surface area (Å²) in [4.78, 5) is 39.4. The van der Waals surface area contributed by atoms with Crippen LogP contribution in [0.25, 0.3) is 0 Å². The highest BCUT2D eigenvalue weighted by Gasteiger charge is 2.17. The van der Waals surface area contributed by atoms with Crippen molar-refractivity contribution in [3.05, 3.63) is 42.4 Å². The van der Waals surface area contributed by atoms with E-state index < -0.39 is 35.3 Å². The van der Waals surface area contributed by atoms with Gasteiger partial charge in [0.15, 0.2) is 11.5 Å². The number of aryl methyl sites for hydroxylation is 1. The molecular formula is C9H12N2O10. The second-order valence-corrected chi connectivity index (χ2v) is 3.82. The first-order chi connectivity index (χ1) is 9.92. The van der Waals surface area contributed by atoms with E-state index in [1.165, 1.54) is 0 Å². The molecule has 0 aromatic carbocycles. The molecule has 1 N–H and O–H groups in total. The number of hydrogen-bond acceptors (Lipinski definition) is 10. The largest absolute Gasteiger partial charge is 0.519 e. The van der Waals surface area contributed by atoms with Gasteiger partial charge in [0.2, 0.25) is 0 Å². The summed E-state index contributed by atoms with van der Waals surface area (Å²) >= 11 is 0. The quantitative estimate of drug-likeness (QED) is 0.452. The monoisotopic (exact) mass is 308 g/mol. The zero-order valence-corrected chi connectivity index (χ0v) is 10.6. The Bertz CT molecular complexity index is 535. The van der Waals surface area contributed by atoms with Crippen LogP contribution in [-0.2, 0) is 22.7 Å². The smallest absolute Gasteiger partial charge is 0.396 e. The first-order valence-corrected chi connectivity index (χ1v) is 5.73. The molecule has 0 amide bonds. The van der Waals surface area contributed by atoms with Crippen molar-refractivity contribution in [1.29, 1.82) is 0 Å². The Kier molecular flexibility index (Phi) is 6.13. The van der Waals surface area contributed by atoms with Gasteiger partial charge < -0.3 is 23.6 Å². The van der Waals surface area contributed by atoms with Crippen molar-refractivity contribution in [3.63, 3.8) is 0 Å². The highest BCUT2D eigenvalue weighted by atomic mass is 17.0. The van der Waals surface area contributed by atoms with Gasteiger partial charge in [0, 0.05) is 6.42 Å². The third kappa shape index (κ3) is 5.90. The molecule has 12 heteroatoms. The normalized spacial score (nSPS) is 11.9. The lowest BCUT2D eigenvalue weighted by Gasteiger charge is -2.12. The summed E-state index contributed by atoms with van der Waals surface area (Å²) in [6.45, 7) is -1.13. The second-order valence-electron chi connectivity index (χ2n) is 3.82. The van der Waals surface area contributed by atoms with Gasteiger partial charge in [-0.05, 0) is 12.8 Å². The molecule has 118 valence electrons. The molecule has 0 radical (unpaired) electrons. The van der Waals surface area contributed by atoms with Crippen LogP contribution in [0.5, 0.6) is 0 Å². The predicted molar refractivity (Wildman–Crippen MR) is 60.9 cm³/mol. The Morgan fingerprint density at radius 1 is 1.19 bits per heavy atom. The summed E-state index contributed by atoms with van der Waals surface area (Å²) in [7, 11) is 0. The van der Waals surface area contributed by atoms with Crippen LogP contribution in [0.1, 0.15) is 24.4 Å². The van der Waals surface area contributed by atoms with E-state index in [9.17, 15) is 25.0 Å². The van der Waals surface area contributed by atoms with Gasteiger partial charge in [-0.3, -0.25) is 0 Å². The average molecular weight is 308 g/mol. The molecular weight excluding hydrogens is 296 g/mol. The highest BCUT2D eigenvalue weighted by molar-refractivity contribution is 5.01. The number of hydrogen-bond donors (Lipinski definition) is 1. The van der Waals surface area contributed by atoms with E-state index in [2.05, 4.69) is 18.5 Å². The minimum atomic E-state index is -1.14. The van der Waals surface area contributed by atoms with Crippen LogP contribution in [-0.4, -0.2) is 28.0 Å². The summed E-state index contributed by atoms with van der Waals surface area (Å²) in [6.07, 6.45) is -0.733. The molecule has 0 fully saturated rings. The van der Waals surface area contributed by atoms with Crippen molar-refractivity contribution in [1.82, 2.24) is 0 Å². The lowest BCUT2D eigenvalue weighted by molar-refractivity contribution is -0.790. The van der Waals surface area contributed by atoms with Crippen LogP contribution in [0, 0.1) is 20.2 Å². The van der Waals surface area contributed by atoms with Crippen molar-refractivity contribution >= 4 is 0 Å². The SMILES string of the molecule is O=c1oc(CO)c(CCC[C@H](CO[N+](=O)[O-])O[N+](=O)[O-])o1. The van der Waals surface area contributed by atoms with Gasteiger partial charge in [0.05, 0.1) is 0 Å². The first-order valence-electron chi connectivity index (χ1n) is 5.73. The fraction of sp³-hybridized carbons (Fsp3) is 0.667. The van der Waals surface area contributed by atoms with Crippen LogP contribution in [0.3, 0.4) is 0 Å². The average Bonchev–Trinajstić information content (AvgIpc) is 2.75. The van der Waals surface area contributed by atoms with E-state index in [4.69, 9.17) is 5.11 Å². The maximum Gasteiger partial charge on any atom is 0.519 e. The number of aliphatic hydroxyl groups excluding tert-OH is 1. The molecule has 0 saturated carbocycles. The van der Waals surface area contributed by atoms with Gasteiger partial charge >= 0.3 is 5.82 Å². The molecule has 0 aliphatic heterocycles. The summed E-state index contributed by atoms with van der Waals surface area (Å²) in [5, 5.41) is 27.0. The zero-order valence-electron chi connectivity index (χ0n) is 10.6. The molecule has 12 nitrogen and oxygen atoms in total. The van der Waals surface area contributed by atoms with Crippen LogP contribution in [0.4, 0.5) is 0 Å². The van der Waals surface area contributed by atoms with E-state index in [-0.39, 0.29) is 30.8 Å². The number of aliphatic hydroxyl groups is 1. The van der Waals surface area contributed by atoms with Crippen molar-refractivity contribution < 1.29 is 33.8 Å². The minimum absolute atomic E-state index is 0.0340. The van der Waals surface area contributed by atoms with Crippen LogP contribution in [0.2, 0.25) is 0 Å². The summed E-state index contributed by atoms with van der Waals surface area (Å²) in [5.41, 5.74) is 0. The van der Waals surface area contributed by atoms with Gasteiger partial charge in [-0.2, -0.15) is 0 Å². The molecule has 1 aromatic rings. The minimum Gasteiger partial charge on any atom is -0.396 e. The lowest BCUT2D eigenvalue weighted by atomic mass is 10.1. The number of rotatable bonds is 10. The molecule has 0 unspecified atom stereocenters. The molecule has 1 rings (SSSR count). The van der Waals surface area contributed by atoms with Gasteiger partial charge in [-0.15, -0.1) is 20.2 Å². The molecule has 1 heterocycles. The summed E-state index contributed by atoms with van der Waals surface area (Å²) < 4.78 is 9.21. The van der Waals surface area contributed by atoms with E-state index in [0.29, 0.717) is 0 Å². The van der Waals surface area contributed by atoms with Crippen LogP contribution < -0.4 is 5.82 Å².